The standard InChI is InChI=1S/C21H21N7O2/c1-12-10-16(30-27-12)19(29)14-4-2-13(3-5-14)18-17-20(22)24-11-25-21(17)28(26-18)15-6-8-23-9-7-15/h2-5,10-11,15,23H,6-9H2,1H3,(H2,22,24,25). The number of anilines is 1. The van der Waals surface area contributed by atoms with Crippen molar-refractivity contribution in [1.29, 1.82) is 0 Å². The van der Waals surface area contributed by atoms with Crippen LogP contribution in [0.2, 0.25) is 0 Å². The number of carbonyl (C=O) groups excluding carboxylic acids is 1. The van der Waals surface area contributed by atoms with Crippen LogP contribution in [0.4, 0.5) is 5.82 Å². The third kappa shape index (κ3) is 3.13. The normalized spacial score (nSPS) is 15.0. The van der Waals surface area contributed by atoms with Gasteiger partial charge in [0.15, 0.2) is 5.65 Å². The van der Waals surface area contributed by atoms with Crippen LogP contribution in [0.1, 0.15) is 40.7 Å². The van der Waals surface area contributed by atoms with E-state index in [-0.39, 0.29) is 17.6 Å². The lowest BCUT2D eigenvalue weighted by Gasteiger charge is -2.23. The van der Waals surface area contributed by atoms with E-state index in [1.54, 1.807) is 25.1 Å². The molecule has 3 N–H and O–H groups in total. The SMILES string of the molecule is Cc1cc(C(=O)c2ccc(-c3nn(C4CCNCC4)c4ncnc(N)c34)cc2)on1. The number of nitrogens with one attached hydrogen (secondary N) is 1. The van der Waals surface area contributed by atoms with E-state index < -0.39 is 0 Å². The largest absolute Gasteiger partial charge is 0.383 e. The molecule has 0 amide bonds. The lowest BCUT2D eigenvalue weighted by molar-refractivity contribution is 0.100. The fourth-order valence-electron chi connectivity index (χ4n) is 3.90. The van der Waals surface area contributed by atoms with Crippen molar-refractivity contribution in [1.82, 2.24) is 30.2 Å². The van der Waals surface area contributed by atoms with E-state index in [2.05, 4.69) is 20.4 Å². The number of ketones is 1. The number of piperidine rings is 1. The predicted octanol–water partition coefficient (Wildman–Crippen LogP) is 2.53. The number of aromatic nitrogens is 5. The maximum Gasteiger partial charge on any atom is 0.231 e. The Labute approximate surface area is 172 Å². The summed E-state index contributed by atoms with van der Waals surface area (Å²) in [7, 11) is 0. The Bertz CT molecular complexity index is 1220. The van der Waals surface area contributed by atoms with E-state index in [0.29, 0.717) is 17.1 Å². The lowest BCUT2D eigenvalue weighted by Crippen LogP contribution is -2.30. The molecule has 0 aliphatic carbocycles. The number of fused-ring (bicyclic) bond motifs is 1. The molecule has 4 aromatic rings. The number of nitrogens with two attached hydrogens (primary N) is 1. The Morgan fingerprint density at radius 2 is 1.97 bits per heavy atom. The molecule has 1 aliphatic rings. The van der Waals surface area contributed by atoms with Crippen molar-refractivity contribution in [2.24, 2.45) is 0 Å². The molecule has 3 aromatic heterocycles. The van der Waals surface area contributed by atoms with Crippen molar-refractivity contribution in [2.75, 3.05) is 18.8 Å². The number of hydrogen-bond donors (Lipinski definition) is 2. The van der Waals surface area contributed by atoms with Gasteiger partial charge < -0.3 is 15.6 Å². The van der Waals surface area contributed by atoms with Crippen molar-refractivity contribution in [3.05, 3.63) is 53.7 Å². The van der Waals surface area contributed by atoms with E-state index in [1.165, 1.54) is 6.33 Å². The van der Waals surface area contributed by atoms with E-state index >= 15 is 0 Å². The van der Waals surface area contributed by atoms with Gasteiger partial charge in [-0.05, 0) is 32.9 Å². The molecule has 30 heavy (non-hydrogen) atoms. The van der Waals surface area contributed by atoms with Gasteiger partial charge in [0, 0.05) is 17.2 Å². The Hall–Kier alpha value is -3.59. The van der Waals surface area contributed by atoms with Crippen LogP contribution in [0, 0.1) is 6.92 Å². The summed E-state index contributed by atoms with van der Waals surface area (Å²) >= 11 is 0. The molecule has 1 aliphatic heterocycles. The van der Waals surface area contributed by atoms with E-state index in [4.69, 9.17) is 15.4 Å². The van der Waals surface area contributed by atoms with Gasteiger partial charge in [-0.2, -0.15) is 5.10 Å². The second-order valence-corrected chi connectivity index (χ2v) is 7.47. The average Bonchev–Trinajstić information content (AvgIpc) is 3.39. The zero-order valence-electron chi connectivity index (χ0n) is 16.5. The van der Waals surface area contributed by atoms with Crippen LogP contribution < -0.4 is 11.1 Å². The number of carbonyl (C=O) groups is 1. The van der Waals surface area contributed by atoms with Gasteiger partial charge in [-0.25, -0.2) is 14.6 Å². The maximum absolute atomic E-state index is 12.6. The van der Waals surface area contributed by atoms with Gasteiger partial charge in [0.2, 0.25) is 11.5 Å². The van der Waals surface area contributed by atoms with Crippen LogP contribution in [-0.4, -0.2) is 43.8 Å². The number of hydrogen-bond acceptors (Lipinski definition) is 8. The predicted molar refractivity (Wildman–Crippen MR) is 111 cm³/mol. The number of rotatable bonds is 4. The summed E-state index contributed by atoms with van der Waals surface area (Å²) in [6.45, 7) is 3.67. The highest BCUT2D eigenvalue weighted by Crippen LogP contribution is 2.33. The third-order valence-electron chi connectivity index (χ3n) is 5.44. The molecule has 0 radical (unpaired) electrons. The summed E-state index contributed by atoms with van der Waals surface area (Å²) < 4.78 is 7.06. The zero-order valence-corrected chi connectivity index (χ0v) is 16.5. The molecule has 1 saturated heterocycles. The first-order valence-corrected chi connectivity index (χ1v) is 9.89. The smallest absolute Gasteiger partial charge is 0.231 e. The molecular formula is C21H21N7O2. The van der Waals surface area contributed by atoms with Gasteiger partial charge in [0.05, 0.1) is 17.1 Å². The fraction of sp³-hybridized carbons (Fsp3) is 0.286. The van der Waals surface area contributed by atoms with Crippen LogP contribution in [0.25, 0.3) is 22.3 Å². The maximum atomic E-state index is 12.6. The fourth-order valence-corrected chi connectivity index (χ4v) is 3.90. The molecule has 0 saturated carbocycles. The molecule has 0 bridgehead atoms. The Morgan fingerprint density at radius 3 is 2.67 bits per heavy atom. The number of nitrogen functional groups attached to an aromatic ring is 1. The molecule has 0 unspecified atom stereocenters. The minimum Gasteiger partial charge on any atom is -0.383 e. The number of benzene rings is 1. The summed E-state index contributed by atoms with van der Waals surface area (Å²) in [6.07, 6.45) is 3.43. The summed E-state index contributed by atoms with van der Waals surface area (Å²) in [4.78, 5) is 21.2. The van der Waals surface area contributed by atoms with Gasteiger partial charge in [-0.3, -0.25) is 4.79 Å². The molecule has 4 heterocycles. The molecule has 1 aromatic carbocycles. The first-order valence-electron chi connectivity index (χ1n) is 9.89. The Balaban J connectivity index is 1.55. The second kappa shape index (κ2) is 7.34. The Kier molecular flexibility index (Phi) is 4.51. The van der Waals surface area contributed by atoms with Crippen LogP contribution >= 0.6 is 0 Å². The molecule has 0 spiro atoms. The highest BCUT2D eigenvalue weighted by atomic mass is 16.5. The lowest BCUT2D eigenvalue weighted by atomic mass is 10.0. The zero-order chi connectivity index (χ0) is 20.7. The number of aryl methyl sites for hydroxylation is 1. The van der Waals surface area contributed by atoms with Crippen LogP contribution in [0.3, 0.4) is 0 Å². The van der Waals surface area contributed by atoms with Gasteiger partial charge in [0.1, 0.15) is 17.8 Å². The summed E-state index contributed by atoms with van der Waals surface area (Å²) in [5, 5.41) is 12.8. The molecule has 152 valence electrons. The average molecular weight is 403 g/mol. The van der Waals surface area contributed by atoms with Crippen molar-refractivity contribution in [3.63, 3.8) is 0 Å². The van der Waals surface area contributed by atoms with Crippen molar-refractivity contribution >= 4 is 22.6 Å². The third-order valence-corrected chi connectivity index (χ3v) is 5.44. The topological polar surface area (TPSA) is 125 Å². The number of nitrogens with zero attached hydrogens (tertiary/aromatic N) is 5. The van der Waals surface area contributed by atoms with Crippen LogP contribution in [0.15, 0.2) is 41.2 Å². The van der Waals surface area contributed by atoms with E-state index in [0.717, 1.165) is 48.2 Å². The van der Waals surface area contributed by atoms with Gasteiger partial charge in [0.25, 0.3) is 0 Å². The molecular weight excluding hydrogens is 382 g/mol. The molecule has 1 fully saturated rings. The van der Waals surface area contributed by atoms with E-state index in [9.17, 15) is 4.79 Å². The van der Waals surface area contributed by atoms with Crippen LogP contribution in [-0.2, 0) is 0 Å². The van der Waals surface area contributed by atoms with Gasteiger partial charge in [-0.1, -0.05) is 29.4 Å². The minimum absolute atomic E-state index is 0.213. The molecule has 9 nitrogen and oxygen atoms in total. The van der Waals surface area contributed by atoms with Gasteiger partial charge in [-0.15, -0.1) is 0 Å². The first kappa shape index (κ1) is 18.4. The highest BCUT2D eigenvalue weighted by Gasteiger charge is 2.24. The van der Waals surface area contributed by atoms with Crippen molar-refractivity contribution in [3.8, 4) is 11.3 Å². The van der Waals surface area contributed by atoms with Crippen LogP contribution in [0.5, 0.6) is 0 Å². The monoisotopic (exact) mass is 403 g/mol. The van der Waals surface area contributed by atoms with E-state index in [1.807, 2.05) is 16.8 Å². The van der Waals surface area contributed by atoms with Crippen molar-refractivity contribution < 1.29 is 9.32 Å². The quantitative estimate of drug-likeness (QED) is 0.498. The molecule has 0 atom stereocenters. The first-order chi connectivity index (χ1) is 14.6. The summed E-state index contributed by atoms with van der Waals surface area (Å²) in [6, 6.07) is 9.11. The van der Waals surface area contributed by atoms with Gasteiger partial charge >= 0.3 is 0 Å². The minimum atomic E-state index is -0.213. The second-order valence-electron chi connectivity index (χ2n) is 7.47. The van der Waals surface area contributed by atoms with Crippen molar-refractivity contribution in [2.45, 2.75) is 25.8 Å². The Morgan fingerprint density at radius 1 is 1.20 bits per heavy atom. The molecule has 5 rings (SSSR count). The summed E-state index contributed by atoms with van der Waals surface area (Å²) in [5.41, 5.74) is 9.69. The summed E-state index contributed by atoms with van der Waals surface area (Å²) in [5.74, 6) is 0.404. The highest BCUT2D eigenvalue weighted by molar-refractivity contribution is 6.07. The molecule has 9 heteroatoms.